The number of likely N-dealkylation sites (N-methyl/N-ethyl adjacent to an activating group) is 1. The van der Waals surface area contributed by atoms with E-state index in [0.717, 1.165) is 93.5 Å². The molecule has 5 unspecified atom stereocenters. The monoisotopic (exact) mass is 1530 g/mol. The first-order valence-electron chi connectivity index (χ1n) is 36.6. The van der Waals surface area contributed by atoms with Crippen molar-refractivity contribution in [1.29, 1.82) is 0 Å². The van der Waals surface area contributed by atoms with E-state index >= 15 is 0 Å². The molecule has 2 aromatic rings. The molecule has 3 saturated carbocycles. The quantitative estimate of drug-likeness (QED) is 0.0253. The van der Waals surface area contributed by atoms with Crippen molar-refractivity contribution in [2.24, 2.45) is 46.3 Å². The molecule has 2 aromatic carbocycles. The van der Waals surface area contributed by atoms with E-state index in [1.54, 1.807) is 4.90 Å². The molecule has 4 fully saturated rings. The summed E-state index contributed by atoms with van der Waals surface area (Å²) in [5.41, 5.74) is 9.70. The number of unbranched alkanes of at least 4 members (excludes halogenated alkanes) is 4. The number of carbonyl (C=O) groups excluding carboxylic acids is 3. The standard InChI is InChI=1S/C76H117N5O12P2.2Y/c1-11-79-66-28-18-16-26-64(66)73(5,6)68(79)30-23-31-69-74(7,8)65-27-17-19-29-67(65)80(69)44-21-13-14-32-70(83)77-43-45-88-46-47-89-94(86)90-48-49-91-95(87)92-53-57-51-58(82)52-81(57)71(84)33-15-12-20-42-78-72(85)93-59-38-40-75(9)56(50-59)34-35-60-62-37-36-61(55(4)25-22-24-54(2)3)76(62,10)41-39-63(60)75;;/h16-19,23,26-31,34,54-55,57-63,82,94-95H,11-15,20-22,24-25,32-33,35-53H2,1-10H3,(H-,77,78,83,85);;/p+1/t55-,57-,58+,59-,60?,61+,62?,63?,75-,76+;;/m0../s1. The summed E-state index contributed by atoms with van der Waals surface area (Å²) in [6, 6.07) is 16.9. The van der Waals surface area contributed by atoms with E-state index in [-0.39, 0.29) is 158 Å². The van der Waals surface area contributed by atoms with Gasteiger partial charge in [0.2, 0.25) is 17.5 Å². The molecule has 2 radical (unpaired) electrons. The van der Waals surface area contributed by atoms with Gasteiger partial charge in [-0.3, -0.25) is 18.7 Å². The van der Waals surface area contributed by atoms with Crippen molar-refractivity contribution >= 4 is 51.5 Å². The Labute approximate surface area is 633 Å². The molecule has 7 aliphatic rings. The molecule has 21 heteroatoms. The summed E-state index contributed by atoms with van der Waals surface area (Å²) in [4.78, 5) is 43.0. The van der Waals surface area contributed by atoms with Gasteiger partial charge in [0.25, 0.3) is 0 Å². The molecule has 17 nitrogen and oxygen atoms in total. The fourth-order valence-corrected chi connectivity index (χ4v) is 19.4. The van der Waals surface area contributed by atoms with Crippen LogP contribution in [0.15, 0.2) is 84.1 Å². The number of benzene rings is 2. The molecule has 0 spiro atoms. The summed E-state index contributed by atoms with van der Waals surface area (Å²) < 4.78 is 60.2. The Hall–Kier alpha value is -2.23. The van der Waals surface area contributed by atoms with E-state index in [1.165, 1.54) is 90.9 Å². The molecule has 3 amide bonds. The zero-order chi connectivity index (χ0) is 67.9. The van der Waals surface area contributed by atoms with Gasteiger partial charge in [0.15, 0.2) is 5.71 Å². The van der Waals surface area contributed by atoms with Crippen LogP contribution < -0.4 is 15.5 Å². The molecule has 9 rings (SSSR count). The Balaban J connectivity index is 0.00000663. The van der Waals surface area contributed by atoms with Gasteiger partial charge in [0, 0.05) is 152 Å². The number of nitrogens with one attached hydrogen (secondary N) is 2. The Kier molecular flexibility index (Phi) is 32.6. The number of anilines is 1. The second-order valence-corrected chi connectivity index (χ2v) is 32.6. The molecule has 3 N–H and O–H groups in total. The number of fused-ring (bicyclic) bond motifs is 7. The molecular formula is C76H118N5O12P2Y2+. The molecule has 3 heterocycles. The van der Waals surface area contributed by atoms with Crippen LogP contribution in [0, 0.1) is 46.3 Å². The van der Waals surface area contributed by atoms with Gasteiger partial charge < -0.3 is 53.1 Å². The predicted molar refractivity (Wildman–Crippen MR) is 379 cm³/mol. The van der Waals surface area contributed by atoms with Crippen LogP contribution in [0.25, 0.3) is 0 Å². The number of para-hydroxylation sites is 2. The fraction of sp³-hybridized carbons (Fsp3) is 0.711. The topological polar surface area (TPSA) is 195 Å². The Morgan fingerprint density at radius 3 is 2.20 bits per heavy atom. The third-order valence-corrected chi connectivity index (χ3v) is 24.9. The van der Waals surface area contributed by atoms with E-state index in [9.17, 15) is 28.6 Å². The van der Waals surface area contributed by atoms with Crippen LogP contribution in [0.3, 0.4) is 0 Å². The molecular weight excluding hydrogens is 1410 g/mol. The smallest absolute Gasteiger partial charge is 0.407 e. The Morgan fingerprint density at radius 1 is 0.742 bits per heavy atom. The van der Waals surface area contributed by atoms with E-state index in [2.05, 4.69) is 162 Å². The Bertz CT molecular complexity index is 3110. The van der Waals surface area contributed by atoms with Crippen molar-refractivity contribution in [1.82, 2.24) is 15.5 Å². The fourth-order valence-electron chi connectivity index (χ4n) is 18.2. The maximum atomic E-state index is 13.3. The molecule has 4 aliphatic carbocycles. The molecule has 1 saturated heterocycles. The van der Waals surface area contributed by atoms with Gasteiger partial charge >= 0.3 is 22.6 Å². The molecule has 534 valence electrons. The van der Waals surface area contributed by atoms with Gasteiger partial charge in [-0.1, -0.05) is 128 Å². The number of nitrogens with zero attached hydrogens (tertiary/aromatic N) is 3. The van der Waals surface area contributed by atoms with Gasteiger partial charge in [-0.2, -0.15) is 4.58 Å². The SMILES string of the molecule is CCN1C(=CC=CC2=[N+](CCCCCC(=O)NCCOCCO[PH](=O)OCCO[PH](=O)OC[C@@H]3C[C@@H](O)CN3C(=O)CCCCCNC(=O)O[C@H]3CC[C@@]4(C)C(=CCC5C4CC[C@@]4(C)C5CC[C@@H]4[C@@H](C)CCCC(C)C)C3)c3ccccc3C2(C)C)C(C)(C)c2ccccc21.[Y].[Y]. The van der Waals surface area contributed by atoms with Crippen molar-refractivity contribution in [3.63, 3.8) is 0 Å². The van der Waals surface area contributed by atoms with Crippen molar-refractivity contribution < 1.29 is 126 Å². The first kappa shape index (κ1) is 82.1. The molecule has 97 heavy (non-hydrogen) atoms. The minimum absolute atomic E-state index is 0. The van der Waals surface area contributed by atoms with Crippen molar-refractivity contribution in [3.8, 4) is 0 Å². The molecule has 0 aromatic heterocycles. The van der Waals surface area contributed by atoms with Gasteiger partial charge in [-0.15, -0.1) is 0 Å². The second-order valence-electron chi connectivity index (χ2n) is 30.5. The van der Waals surface area contributed by atoms with Crippen LogP contribution in [0.5, 0.6) is 0 Å². The number of aliphatic hydroxyl groups is 1. The number of β-amino-alcohol motifs (C(OH)–C–C–N with tert-alkyl or cyclic N) is 1. The van der Waals surface area contributed by atoms with Crippen molar-refractivity contribution in [3.05, 3.63) is 95.2 Å². The summed E-state index contributed by atoms with van der Waals surface area (Å²) in [5.74, 6) is 4.63. The zero-order valence-electron chi connectivity index (χ0n) is 60.5. The van der Waals surface area contributed by atoms with E-state index < -0.39 is 28.7 Å². The third kappa shape index (κ3) is 20.8. The number of alkyl carbamates (subject to hydrolysis) is 1. The number of ether oxygens (including phenoxy) is 2. The second kappa shape index (κ2) is 38.5. The number of aliphatic hydroxyl groups excluding tert-OH is 1. The normalized spacial score (nSPS) is 27.3. The summed E-state index contributed by atoms with van der Waals surface area (Å²) in [5, 5.41) is 16.3. The minimum Gasteiger partial charge on any atom is -0.446 e. The molecule has 3 aliphatic heterocycles. The summed E-state index contributed by atoms with van der Waals surface area (Å²) in [6.45, 7) is 26.7. The Morgan fingerprint density at radius 2 is 1.44 bits per heavy atom. The number of carbonyl (C=O) groups is 3. The third-order valence-electron chi connectivity index (χ3n) is 23.2. The number of hydrogen-bond acceptors (Lipinski definition) is 13. The summed E-state index contributed by atoms with van der Waals surface area (Å²) >= 11 is 0. The molecule has 12 atom stereocenters. The van der Waals surface area contributed by atoms with Gasteiger partial charge in [-0.25, -0.2) is 4.79 Å². The van der Waals surface area contributed by atoms with Crippen LogP contribution in [-0.4, -0.2) is 129 Å². The number of amides is 3. The summed E-state index contributed by atoms with van der Waals surface area (Å²) in [7, 11) is -5.84. The molecule has 0 bridgehead atoms. The van der Waals surface area contributed by atoms with Crippen LogP contribution in [0.2, 0.25) is 0 Å². The first-order chi connectivity index (χ1) is 45.6. The predicted octanol–water partition coefficient (Wildman–Crippen LogP) is 15.5. The van der Waals surface area contributed by atoms with E-state index in [4.69, 9.17) is 27.6 Å². The minimum atomic E-state index is -2.97. The van der Waals surface area contributed by atoms with Crippen molar-refractivity contribution in [2.75, 3.05) is 77.3 Å². The first-order valence-corrected chi connectivity index (χ1v) is 39.1. The van der Waals surface area contributed by atoms with Gasteiger partial charge in [0.1, 0.15) is 12.6 Å². The van der Waals surface area contributed by atoms with E-state index in [1.807, 2.05) is 0 Å². The van der Waals surface area contributed by atoms with E-state index in [0.29, 0.717) is 44.2 Å². The van der Waals surface area contributed by atoms with Crippen LogP contribution in [-0.2, 0) is 123 Å². The van der Waals surface area contributed by atoms with Crippen molar-refractivity contribution in [2.45, 2.75) is 227 Å². The largest absolute Gasteiger partial charge is 0.446 e. The average molecular weight is 1530 g/mol. The summed E-state index contributed by atoms with van der Waals surface area (Å²) in [6.07, 6.45) is 27.4. The van der Waals surface area contributed by atoms with Crippen LogP contribution >= 0.6 is 16.5 Å². The maximum Gasteiger partial charge on any atom is 0.407 e. The van der Waals surface area contributed by atoms with Gasteiger partial charge in [0.05, 0.1) is 57.2 Å². The van der Waals surface area contributed by atoms with Gasteiger partial charge in [-0.05, 0) is 162 Å². The van der Waals surface area contributed by atoms with Crippen LogP contribution in [0.4, 0.5) is 16.2 Å². The zero-order valence-corrected chi connectivity index (χ0v) is 68.2. The van der Waals surface area contributed by atoms with Crippen LogP contribution in [0.1, 0.15) is 209 Å². The number of likely N-dealkylation sites (tertiary alicyclic amines) is 1. The number of rotatable bonds is 36. The average Bonchev–Trinajstić information content (AvgIpc) is 1.71. The number of allylic oxidation sites excluding steroid dienone is 5. The number of hydrogen-bond donors (Lipinski definition) is 3. The maximum absolute atomic E-state index is 13.3.